The van der Waals surface area contributed by atoms with Crippen molar-refractivity contribution >= 4 is 29.9 Å². The van der Waals surface area contributed by atoms with E-state index >= 15 is 0 Å². The van der Waals surface area contributed by atoms with Crippen molar-refractivity contribution in [1.82, 2.24) is 15.5 Å². The summed E-state index contributed by atoms with van der Waals surface area (Å²) in [5.41, 5.74) is 0. The van der Waals surface area contributed by atoms with Crippen molar-refractivity contribution in [2.45, 2.75) is 58.5 Å². The van der Waals surface area contributed by atoms with Gasteiger partial charge in [0.05, 0.1) is 12.7 Å². The van der Waals surface area contributed by atoms with Crippen LogP contribution in [0.1, 0.15) is 52.4 Å². The first-order chi connectivity index (χ1) is 12.8. The molecule has 0 aliphatic carbocycles. The number of rotatable bonds is 11. The number of aliphatic imine (C=N–C) groups is 1. The summed E-state index contributed by atoms with van der Waals surface area (Å²) in [6.07, 6.45) is 7.47. The van der Waals surface area contributed by atoms with Crippen LogP contribution in [0.25, 0.3) is 0 Å². The molecule has 27 heavy (non-hydrogen) atoms. The summed E-state index contributed by atoms with van der Waals surface area (Å²) in [7, 11) is 0. The molecule has 2 fully saturated rings. The highest BCUT2D eigenvalue weighted by atomic mass is 127. The molecule has 2 heterocycles. The first-order valence-electron chi connectivity index (χ1n) is 10.7. The molecule has 2 aliphatic rings. The number of piperidine rings is 1. The molecule has 160 valence electrons. The van der Waals surface area contributed by atoms with E-state index in [-0.39, 0.29) is 24.0 Å². The summed E-state index contributed by atoms with van der Waals surface area (Å²) >= 11 is 0. The molecule has 2 rings (SSSR count). The first-order valence-corrected chi connectivity index (χ1v) is 10.7. The molecule has 1 unspecified atom stereocenters. The zero-order valence-electron chi connectivity index (χ0n) is 17.4. The Balaban J connectivity index is 0.00000364. The number of hydrogen-bond acceptors (Lipinski definition) is 4. The van der Waals surface area contributed by atoms with Crippen LogP contribution in [-0.4, -0.2) is 76.1 Å². The highest BCUT2D eigenvalue weighted by Gasteiger charge is 2.15. The Hall–Kier alpha value is -0.120. The van der Waals surface area contributed by atoms with E-state index in [9.17, 15) is 0 Å². The number of halogens is 1. The molecule has 0 radical (unpaired) electrons. The second-order valence-electron chi connectivity index (χ2n) is 7.63. The van der Waals surface area contributed by atoms with Crippen LogP contribution in [0.3, 0.4) is 0 Å². The Morgan fingerprint density at radius 2 is 2.00 bits per heavy atom. The quantitative estimate of drug-likeness (QED) is 0.200. The smallest absolute Gasteiger partial charge is 0.191 e. The van der Waals surface area contributed by atoms with E-state index in [1.807, 2.05) is 0 Å². The number of hydrogen-bond donors (Lipinski definition) is 2. The summed E-state index contributed by atoms with van der Waals surface area (Å²) in [5.74, 6) is 1.84. The molecule has 6 nitrogen and oxygen atoms in total. The van der Waals surface area contributed by atoms with Gasteiger partial charge in [-0.05, 0) is 71.0 Å². The number of nitrogens with one attached hydrogen (secondary N) is 2. The summed E-state index contributed by atoms with van der Waals surface area (Å²) in [4.78, 5) is 7.24. The fourth-order valence-corrected chi connectivity index (χ4v) is 3.48. The Labute approximate surface area is 183 Å². The van der Waals surface area contributed by atoms with E-state index in [0.29, 0.717) is 6.10 Å². The average Bonchev–Trinajstić information content (AvgIpc) is 3.16. The lowest BCUT2D eigenvalue weighted by Crippen LogP contribution is -2.39. The normalized spacial score (nSPS) is 21.9. The van der Waals surface area contributed by atoms with Crippen LogP contribution < -0.4 is 10.6 Å². The van der Waals surface area contributed by atoms with Gasteiger partial charge in [0.1, 0.15) is 0 Å². The van der Waals surface area contributed by atoms with E-state index in [1.54, 1.807) is 0 Å². The van der Waals surface area contributed by atoms with Crippen LogP contribution in [0, 0.1) is 5.92 Å². The third-order valence-corrected chi connectivity index (χ3v) is 5.21. The highest BCUT2D eigenvalue weighted by Crippen LogP contribution is 2.15. The second-order valence-corrected chi connectivity index (χ2v) is 7.63. The number of likely N-dealkylation sites (tertiary alicyclic amines) is 1. The summed E-state index contributed by atoms with van der Waals surface area (Å²) in [6, 6.07) is 0. The zero-order valence-corrected chi connectivity index (χ0v) is 19.7. The van der Waals surface area contributed by atoms with Gasteiger partial charge in [-0.15, -0.1) is 24.0 Å². The molecule has 0 spiro atoms. The van der Waals surface area contributed by atoms with Gasteiger partial charge in [0.25, 0.3) is 0 Å². The predicted molar refractivity (Wildman–Crippen MR) is 123 cm³/mol. The van der Waals surface area contributed by atoms with Gasteiger partial charge in [0.15, 0.2) is 5.96 Å². The Morgan fingerprint density at radius 3 is 2.70 bits per heavy atom. The van der Waals surface area contributed by atoms with E-state index in [4.69, 9.17) is 9.47 Å². The molecule has 2 saturated heterocycles. The van der Waals surface area contributed by atoms with E-state index in [2.05, 4.69) is 34.4 Å². The van der Waals surface area contributed by atoms with Crippen LogP contribution >= 0.6 is 24.0 Å². The van der Waals surface area contributed by atoms with Gasteiger partial charge in [-0.25, -0.2) is 0 Å². The van der Waals surface area contributed by atoms with Crippen LogP contribution in [0.4, 0.5) is 0 Å². The van der Waals surface area contributed by atoms with Gasteiger partial charge < -0.3 is 25.0 Å². The third-order valence-electron chi connectivity index (χ3n) is 5.21. The van der Waals surface area contributed by atoms with Crippen molar-refractivity contribution in [3.05, 3.63) is 0 Å². The Kier molecular flexibility index (Phi) is 14.5. The maximum atomic E-state index is 5.69. The highest BCUT2D eigenvalue weighted by molar-refractivity contribution is 14.0. The third kappa shape index (κ3) is 11.5. The van der Waals surface area contributed by atoms with E-state index in [1.165, 1.54) is 45.3 Å². The lowest BCUT2D eigenvalue weighted by atomic mass is 9.99. The van der Waals surface area contributed by atoms with E-state index < -0.39 is 0 Å². The number of nitrogens with zero attached hydrogens (tertiary/aromatic N) is 2. The van der Waals surface area contributed by atoms with Gasteiger partial charge >= 0.3 is 0 Å². The molecule has 2 N–H and O–H groups in total. The summed E-state index contributed by atoms with van der Waals surface area (Å²) < 4.78 is 11.2. The van der Waals surface area contributed by atoms with Gasteiger partial charge in [0, 0.05) is 32.8 Å². The minimum absolute atomic E-state index is 0. The van der Waals surface area contributed by atoms with Crippen molar-refractivity contribution in [3.63, 3.8) is 0 Å². The maximum absolute atomic E-state index is 5.69. The lowest BCUT2D eigenvalue weighted by molar-refractivity contribution is 0.0171. The minimum atomic E-state index is 0. The Bertz CT molecular complexity index is 384. The molecule has 1 atom stereocenters. The molecule has 7 heteroatoms. The average molecular weight is 496 g/mol. The van der Waals surface area contributed by atoms with Crippen molar-refractivity contribution in [2.75, 3.05) is 59.1 Å². The van der Waals surface area contributed by atoms with Crippen LogP contribution in [0.15, 0.2) is 4.99 Å². The molecule has 0 bridgehead atoms. The second kappa shape index (κ2) is 15.8. The van der Waals surface area contributed by atoms with Gasteiger partial charge in [0.2, 0.25) is 0 Å². The monoisotopic (exact) mass is 496 g/mol. The minimum Gasteiger partial charge on any atom is -0.379 e. The topological polar surface area (TPSA) is 58.1 Å². The largest absolute Gasteiger partial charge is 0.379 e. The van der Waals surface area contributed by atoms with Crippen LogP contribution in [0.2, 0.25) is 0 Å². The molecule has 0 aromatic carbocycles. The van der Waals surface area contributed by atoms with Crippen LogP contribution in [0.5, 0.6) is 0 Å². The molecule has 0 saturated carbocycles. The zero-order chi connectivity index (χ0) is 18.5. The van der Waals surface area contributed by atoms with Crippen molar-refractivity contribution in [3.8, 4) is 0 Å². The standard InChI is InChI=1S/C20H40N4O2.HI/c1-3-21-20(22-10-5-12-24-13-8-18(2)9-14-24)23-11-6-15-25-17-19-7-4-16-26-19;/h18-19H,3-17H2,1-2H3,(H2,21,22,23);1H. The Morgan fingerprint density at radius 1 is 1.19 bits per heavy atom. The van der Waals surface area contributed by atoms with Crippen LogP contribution in [-0.2, 0) is 9.47 Å². The van der Waals surface area contributed by atoms with E-state index in [0.717, 1.165) is 64.2 Å². The number of ether oxygens (including phenoxy) is 2. The van der Waals surface area contributed by atoms with Crippen molar-refractivity contribution in [1.29, 1.82) is 0 Å². The first kappa shape index (κ1) is 24.9. The SMILES string of the molecule is CCNC(=NCCCOCC1CCCO1)NCCCN1CCC(C)CC1.I. The molecule has 0 amide bonds. The molecular weight excluding hydrogens is 455 g/mol. The number of guanidine groups is 1. The van der Waals surface area contributed by atoms with Gasteiger partial charge in [-0.3, -0.25) is 4.99 Å². The maximum Gasteiger partial charge on any atom is 0.191 e. The van der Waals surface area contributed by atoms with Gasteiger partial charge in [-0.2, -0.15) is 0 Å². The fourth-order valence-electron chi connectivity index (χ4n) is 3.48. The molecular formula is C20H41IN4O2. The molecule has 0 aromatic rings. The molecule has 0 aromatic heterocycles. The van der Waals surface area contributed by atoms with Crippen molar-refractivity contribution in [2.24, 2.45) is 10.9 Å². The fraction of sp³-hybridized carbons (Fsp3) is 0.950. The molecule has 2 aliphatic heterocycles. The predicted octanol–water partition coefficient (Wildman–Crippen LogP) is 2.87. The summed E-state index contributed by atoms with van der Waals surface area (Å²) in [6.45, 7) is 13.3. The summed E-state index contributed by atoms with van der Waals surface area (Å²) in [5, 5.41) is 6.78. The van der Waals surface area contributed by atoms with Gasteiger partial charge in [-0.1, -0.05) is 6.92 Å². The van der Waals surface area contributed by atoms with Crippen molar-refractivity contribution < 1.29 is 9.47 Å². The lowest BCUT2D eigenvalue weighted by Gasteiger charge is -2.30.